The van der Waals surface area contributed by atoms with E-state index in [0.717, 1.165) is 34.6 Å². The molecule has 8 heteroatoms. The van der Waals surface area contributed by atoms with E-state index in [4.69, 9.17) is 4.74 Å². The van der Waals surface area contributed by atoms with E-state index in [0.29, 0.717) is 23.7 Å². The number of carbonyl (C=O) groups excluding carboxylic acids is 2. The molecule has 1 aliphatic carbocycles. The number of nitrogens with zero attached hydrogens (tertiary/aromatic N) is 2. The van der Waals surface area contributed by atoms with Crippen LogP contribution in [0, 0.1) is 17.2 Å². The zero-order valence-electron chi connectivity index (χ0n) is 16.7. The van der Waals surface area contributed by atoms with Gasteiger partial charge in [0.15, 0.2) is 0 Å². The van der Waals surface area contributed by atoms with E-state index in [9.17, 15) is 14.9 Å². The van der Waals surface area contributed by atoms with E-state index < -0.39 is 0 Å². The lowest BCUT2D eigenvalue weighted by Crippen LogP contribution is -2.30. The summed E-state index contributed by atoms with van der Waals surface area (Å²) in [6.45, 7) is 4.39. The number of thiophene rings is 2. The molecule has 1 aliphatic rings. The van der Waals surface area contributed by atoms with E-state index in [-0.39, 0.29) is 17.9 Å². The van der Waals surface area contributed by atoms with Gasteiger partial charge in [-0.1, -0.05) is 12.1 Å². The predicted molar refractivity (Wildman–Crippen MR) is 121 cm³/mol. The zero-order valence-corrected chi connectivity index (χ0v) is 18.4. The lowest BCUT2D eigenvalue weighted by molar-refractivity contribution is -0.111. The molecule has 0 aromatic carbocycles. The number of rotatable bonds is 7. The van der Waals surface area contributed by atoms with Crippen LogP contribution in [0.25, 0.3) is 6.08 Å². The summed E-state index contributed by atoms with van der Waals surface area (Å²) in [6, 6.07) is 6.10. The van der Waals surface area contributed by atoms with Crippen molar-refractivity contribution in [3.05, 3.63) is 57.1 Å². The molecule has 1 unspecified atom stereocenters. The number of anilines is 1. The number of amides is 2. The predicted octanol–water partition coefficient (Wildman–Crippen LogP) is 4.69. The maximum absolute atomic E-state index is 12.3. The lowest BCUT2D eigenvalue weighted by Gasteiger charge is -2.23. The summed E-state index contributed by atoms with van der Waals surface area (Å²) >= 11 is 2.99. The molecule has 0 spiro atoms. The summed E-state index contributed by atoms with van der Waals surface area (Å²) < 4.78 is 5.41. The molecule has 30 heavy (non-hydrogen) atoms. The number of nitriles is 1. The molecule has 3 rings (SSSR count). The summed E-state index contributed by atoms with van der Waals surface area (Å²) in [5, 5.41) is 15.0. The normalized spacial score (nSPS) is 15.3. The second-order valence-electron chi connectivity index (χ2n) is 7.01. The Bertz CT molecular complexity index is 986. The summed E-state index contributed by atoms with van der Waals surface area (Å²) in [4.78, 5) is 27.8. The molecule has 2 aromatic rings. The highest BCUT2D eigenvalue weighted by Crippen LogP contribution is 2.39. The quantitative estimate of drug-likeness (QED) is 0.499. The molecule has 2 heterocycles. The first-order chi connectivity index (χ1) is 14.5. The van der Waals surface area contributed by atoms with Crippen molar-refractivity contribution in [3.8, 4) is 6.07 Å². The van der Waals surface area contributed by atoms with Gasteiger partial charge in [-0.25, -0.2) is 4.79 Å². The van der Waals surface area contributed by atoms with Crippen molar-refractivity contribution in [2.45, 2.75) is 19.3 Å². The molecular weight excluding hydrogens is 418 g/mol. The van der Waals surface area contributed by atoms with Crippen LogP contribution in [-0.4, -0.2) is 37.1 Å². The molecule has 2 amide bonds. The van der Waals surface area contributed by atoms with Crippen molar-refractivity contribution < 1.29 is 14.3 Å². The Morgan fingerprint density at radius 2 is 2.33 bits per heavy atom. The molecule has 6 nitrogen and oxygen atoms in total. The van der Waals surface area contributed by atoms with Gasteiger partial charge < -0.3 is 15.0 Å². The monoisotopic (exact) mass is 441 g/mol. The number of likely N-dealkylation sites (N-methyl/N-ethyl adjacent to an activating group) is 1. The van der Waals surface area contributed by atoms with E-state index in [1.807, 2.05) is 17.5 Å². The highest BCUT2D eigenvalue weighted by Gasteiger charge is 2.27. The number of carbonyl (C=O) groups is 2. The number of hydrogen-bond donors (Lipinski definition) is 1. The van der Waals surface area contributed by atoms with Gasteiger partial charge >= 0.3 is 6.09 Å². The fourth-order valence-corrected chi connectivity index (χ4v) is 5.20. The number of nitrogens with one attached hydrogen (secondary N) is 1. The van der Waals surface area contributed by atoms with Crippen molar-refractivity contribution in [1.82, 2.24) is 4.90 Å². The van der Waals surface area contributed by atoms with Crippen LogP contribution in [0.3, 0.4) is 0 Å². The minimum absolute atomic E-state index is 0.200. The Hall–Kier alpha value is -2.89. The highest BCUT2D eigenvalue weighted by molar-refractivity contribution is 7.16. The van der Waals surface area contributed by atoms with Crippen LogP contribution < -0.4 is 5.32 Å². The number of ether oxygens (including phenoxy) is 1. The third-order valence-electron chi connectivity index (χ3n) is 4.82. The lowest BCUT2D eigenvalue weighted by atomic mass is 9.88. The topological polar surface area (TPSA) is 82.4 Å². The second kappa shape index (κ2) is 10.2. The maximum Gasteiger partial charge on any atom is 0.409 e. The summed E-state index contributed by atoms with van der Waals surface area (Å²) in [5.41, 5.74) is 1.56. The van der Waals surface area contributed by atoms with Crippen LogP contribution in [0.1, 0.15) is 27.3 Å². The van der Waals surface area contributed by atoms with Crippen molar-refractivity contribution in [2.24, 2.45) is 5.92 Å². The van der Waals surface area contributed by atoms with Crippen LogP contribution in [-0.2, 0) is 22.4 Å². The van der Waals surface area contributed by atoms with Gasteiger partial charge in [0.2, 0.25) is 5.91 Å². The molecule has 0 fully saturated rings. The zero-order chi connectivity index (χ0) is 21.5. The summed E-state index contributed by atoms with van der Waals surface area (Å²) in [7, 11) is 1.67. The summed E-state index contributed by atoms with van der Waals surface area (Å²) in [5.74, 6) is -0.0553. The minimum atomic E-state index is -0.366. The number of hydrogen-bond acceptors (Lipinski definition) is 6. The molecule has 2 aromatic heterocycles. The fourth-order valence-electron chi connectivity index (χ4n) is 3.27. The Kier molecular flexibility index (Phi) is 7.44. The first kappa shape index (κ1) is 21.8. The van der Waals surface area contributed by atoms with Crippen molar-refractivity contribution >= 4 is 45.8 Å². The van der Waals surface area contributed by atoms with E-state index >= 15 is 0 Å². The van der Waals surface area contributed by atoms with Crippen LogP contribution in [0.5, 0.6) is 0 Å². The molecule has 0 bridgehead atoms. The third-order valence-corrected chi connectivity index (χ3v) is 6.82. The molecule has 0 saturated heterocycles. The minimum Gasteiger partial charge on any atom is -0.449 e. The first-order valence-electron chi connectivity index (χ1n) is 9.57. The van der Waals surface area contributed by atoms with Crippen molar-refractivity contribution in [1.29, 1.82) is 5.26 Å². The van der Waals surface area contributed by atoms with Crippen LogP contribution >= 0.6 is 22.7 Å². The molecule has 1 atom stereocenters. The standard InChI is InChI=1S/C22H23N3O3S2/c1-3-10-25(2)22(27)28-14-15-6-8-17-18(13-23)21(30-19(17)12-15)24-20(26)9-7-16-5-4-11-29-16/h3-5,7,9,11,15H,1,6,8,10,12,14H2,2H3,(H,24,26)/b9-7+. The van der Waals surface area contributed by atoms with Gasteiger partial charge in [0.1, 0.15) is 11.1 Å². The van der Waals surface area contributed by atoms with Gasteiger partial charge in [-0.3, -0.25) is 4.79 Å². The average molecular weight is 442 g/mol. The van der Waals surface area contributed by atoms with Gasteiger partial charge in [-0.15, -0.1) is 29.3 Å². The van der Waals surface area contributed by atoms with Crippen molar-refractivity contribution in [3.63, 3.8) is 0 Å². The second-order valence-corrected chi connectivity index (χ2v) is 9.10. The van der Waals surface area contributed by atoms with Gasteiger partial charge in [0.25, 0.3) is 0 Å². The van der Waals surface area contributed by atoms with Gasteiger partial charge in [0, 0.05) is 29.4 Å². The molecule has 0 aliphatic heterocycles. The van der Waals surface area contributed by atoms with Gasteiger partial charge in [0.05, 0.1) is 12.2 Å². The van der Waals surface area contributed by atoms with Gasteiger partial charge in [-0.2, -0.15) is 5.26 Å². The Labute approximate surface area is 184 Å². The molecule has 0 radical (unpaired) electrons. The number of fused-ring (bicyclic) bond motifs is 1. The maximum atomic E-state index is 12.3. The van der Waals surface area contributed by atoms with E-state index in [2.05, 4.69) is 18.0 Å². The van der Waals surface area contributed by atoms with E-state index in [1.54, 1.807) is 30.5 Å². The molecule has 0 saturated carbocycles. The van der Waals surface area contributed by atoms with E-state index in [1.165, 1.54) is 22.3 Å². The first-order valence-corrected chi connectivity index (χ1v) is 11.3. The van der Waals surface area contributed by atoms with Gasteiger partial charge in [-0.05, 0) is 48.3 Å². The summed E-state index contributed by atoms with van der Waals surface area (Å²) in [6.07, 6.45) is 6.82. The van der Waals surface area contributed by atoms with Crippen LogP contribution in [0.4, 0.5) is 9.80 Å². The highest BCUT2D eigenvalue weighted by atomic mass is 32.1. The smallest absolute Gasteiger partial charge is 0.409 e. The Morgan fingerprint density at radius 1 is 1.50 bits per heavy atom. The van der Waals surface area contributed by atoms with Crippen LogP contribution in [0.2, 0.25) is 0 Å². The fraction of sp³-hybridized carbons (Fsp3) is 0.318. The molecular formula is C22H23N3O3S2. The Morgan fingerprint density at radius 3 is 3.03 bits per heavy atom. The third kappa shape index (κ3) is 5.38. The molecule has 156 valence electrons. The molecule has 1 N–H and O–H groups in total. The largest absolute Gasteiger partial charge is 0.449 e. The average Bonchev–Trinajstić information content (AvgIpc) is 3.37. The van der Waals surface area contributed by atoms with Crippen LogP contribution in [0.15, 0.2) is 36.2 Å². The Balaban J connectivity index is 1.62. The SMILES string of the molecule is C=CCN(C)C(=O)OCC1CCc2c(sc(NC(=O)/C=C/c3cccs3)c2C#N)C1. The van der Waals surface area contributed by atoms with Crippen molar-refractivity contribution in [2.75, 3.05) is 25.5 Å².